The molecule has 35 heavy (non-hydrogen) atoms. The molecule has 0 fully saturated rings. The van der Waals surface area contributed by atoms with E-state index < -0.39 is 5.97 Å². The third kappa shape index (κ3) is 6.42. The average molecular weight is 526 g/mol. The average Bonchev–Trinajstić information content (AvgIpc) is 3.24. The Bertz CT molecular complexity index is 1330. The van der Waals surface area contributed by atoms with Gasteiger partial charge in [0.2, 0.25) is 5.04 Å². The first-order chi connectivity index (χ1) is 17.0. The van der Waals surface area contributed by atoms with Crippen LogP contribution in [0.25, 0.3) is 11.4 Å². The topological polar surface area (TPSA) is 81.4 Å². The van der Waals surface area contributed by atoms with E-state index in [2.05, 4.69) is 20.7 Å². The zero-order chi connectivity index (χ0) is 24.6. The Morgan fingerprint density at radius 1 is 1.03 bits per heavy atom. The number of aromatic nitrogens is 3. The number of hydrogen-bond acceptors (Lipinski definition) is 7. The van der Waals surface area contributed by atoms with Crippen molar-refractivity contribution in [2.24, 2.45) is 5.10 Å². The van der Waals surface area contributed by atoms with Gasteiger partial charge in [0.1, 0.15) is 0 Å². The Hall–Kier alpha value is -3.33. The number of rotatable bonds is 7. The molecular formula is C25H21Cl2N5O2S. The number of ether oxygens (including phenoxy) is 1. The predicted octanol–water partition coefficient (Wildman–Crippen LogP) is 6.38. The lowest BCUT2D eigenvalue weighted by molar-refractivity contribution is -0.134. The number of halogens is 2. The van der Waals surface area contributed by atoms with Crippen LogP contribution in [-0.4, -0.2) is 32.4 Å². The summed E-state index contributed by atoms with van der Waals surface area (Å²) in [6, 6.07) is 24.4. The molecule has 4 aromatic rings. The number of thioether (sulfide) groups is 1. The maximum Gasteiger partial charge on any atom is 0.365 e. The normalized spacial score (nSPS) is 11.3. The standard InChI is InChI=1S/C25H21Cl2N5O2S/c1-2-34-24(33)23(30-28-19-11-7-4-8-12-19)35-25-31-29-22(20-14-13-18(26)15-21(20)27)32(25)16-17-9-5-3-6-10-17/h3-15,28H,2,16H2,1H3/b30-23-. The van der Waals surface area contributed by atoms with Gasteiger partial charge in [-0.15, -0.1) is 10.2 Å². The molecule has 0 aliphatic carbocycles. The van der Waals surface area contributed by atoms with Crippen molar-refractivity contribution in [2.75, 3.05) is 12.0 Å². The molecule has 3 aromatic carbocycles. The van der Waals surface area contributed by atoms with E-state index in [9.17, 15) is 4.79 Å². The van der Waals surface area contributed by atoms with Crippen molar-refractivity contribution in [3.63, 3.8) is 0 Å². The highest BCUT2D eigenvalue weighted by molar-refractivity contribution is 8.15. The summed E-state index contributed by atoms with van der Waals surface area (Å²) < 4.78 is 7.10. The zero-order valence-corrected chi connectivity index (χ0v) is 21.0. The SMILES string of the molecule is CCOC(=O)/C(=N/Nc1ccccc1)Sc1nnc(-c2ccc(Cl)cc2Cl)n1Cc1ccccc1. The molecule has 0 atom stereocenters. The minimum absolute atomic E-state index is 0.0890. The zero-order valence-electron chi connectivity index (χ0n) is 18.7. The molecule has 0 unspecified atom stereocenters. The lowest BCUT2D eigenvalue weighted by Crippen LogP contribution is -2.17. The number of nitrogens with zero attached hydrogens (tertiary/aromatic N) is 4. The van der Waals surface area contributed by atoms with E-state index in [1.807, 2.05) is 65.2 Å². The van der Waals surface area contributed by atoms with E-state index in [-0.39, 0.29) is 11.7 Å². The third-order valence-electron chi connectivity index (χ3n) is 4.77. The molecular weight excluding hydrogens is 505 g/mol. The summed E-state index contributed by atoms with van der Waals surface area (Å²) in [6.07, 6.45) is 0. The van der Waals surface area contributed by atoms with Crippen molar-refractivity contribution < 1.29 is 9.53 Å². The van der Waals surface area contributed by atoms with Crippen LogP contribution in [0.2, 0.25) is 10.0 Å². The second-order valence-corrected chi connectivity index (χ2v) is 9.02. The van der Waals surface area contributed by atoms with Crippen molar-refractivity contribution >= 4 is 51.7 Å². The van der Waals surface area contributed by atoms with E-state index in [1.165, 1.54) is 0 Å². The lowest BCUT2D eigenvalue weighted by atomic mass is 10.2. The quantitative estimate of drug-likeness (QED) is 0.0990. The molecule has 4 rings (SSSR count). The third-order valence-corrected chi connectivity index (χ3v) is 6.25. The molecule has 0 aliphatic rings. The van der Waals surface area contributed by atoms with Gasteiger partial charge in [0.25, 0.3) is 0 Å². The van der Waals surface area contributed by atoms with Crippen LogP contribution in [0.1, 0.15) is 12.5 Å². The van der Waals surface area contributed by atoms with Crippen LogP contribution in [0.15, 0.2) is 89.1 Å². The molecule has 0 bridgehead atoms. The Morgan fingerprint density at radius 3 is 2.43 bits per heavy atom. The highest BCUT2D eigenvalue weighted by Crippen LogP contribution is 2.32. The van der Waals surface area contributed by atoms with E-state index in [0.29, 0.717) is 33.1 Å². The number of carbonyl (C=O) groups excluding carboxylic acids is 1. The largest absolute Gasteiger partial charge is 0.461 e. The summed E-state index contributed by atoms with van der Waals surface area (Å²) >= 11 is 13.6. The second-order valence-electron chi connectivity index (χ2n) is 7.22. The lowest BCUT2D eigenvalue weighted by Gasteiger charge is -2.12. The molecule has 0 radical (unpaired) electrons. The van der Waals surface area contributed by atoms with Crippen molar-refractivity contribution in [3.8, 4) is 11.4 Å². The van der Waals surface area contributed by atoms with Gasteiger partial charge in [0, 0.05) is 10.6 Å². The maximum absolute atomic E-state index is 12.7. The first kappa shape index (κ1) is 24.8. The van der Waals surface area contributed by atoms with Gasteiger partial charge in [0.05, 0.1) is 23.9 Å². The van der Waals surface area contributed by atoms with Crippen LogP contribution in [0.4, 0.5) is 5.69 Å². The number of benzene rings is 3. The fourth-order valence-corrected chi connectivity index (χ4v) is 4.40. The first-order valence-electron chi connectivity index (χ1n) is 10.7. The number of nitrogens with one attached hydrogen (secondary N) is 1. The van der Waals surface area contributed by atoms with Gasteiger partial charge in [-0.25, -0.2) is 4.79 Å². The molecule has 0 saturated heterocycles. The molecule has 1 heterocycles. The summed E-state index contributed by atoms with van der Waals surface area (Å²) in [5, 5.41) is 14.6. The van der Waals surface area contributed by atoms with E-state index in [4.69, 9.17) is 27.9 Å². The van der Waals surface area contributed by atoms with Gasteiger partial charge in [-0.05, 0) is 54.6 Å². The monoisotopic (exact) mass is 525 g/mol. The predicted molar refractivity (Wildman–Crippen MR) is 141 cm³/mol. The fraction of sp³-hybridized carbons (Fsp3) is 0.120. The number of esters is 1. The molecule has 0 aliphatic heterocycles. The molecule has 178 valence electrons. The number of carbonyl (C=O) groups is 1. The van der Waals surface area contributed by atoms with Gasteiger partial charge in [-0.1, -0.05) is 71.7 Å². The van der Waals surface area contributed by atoms with Crippen LogP contribution < -0.4 is 5.43 Å². The van der Waals surface area contributed by atoms with Crippen LogP contribution in [-0.2, 0) is 16.1 Å². The summed E-state index contributed by atoms with van der Waals surface area (Å²) in [4.78, 5) is 12.7. The summed E-state index contributed by atoms with van der Waals surface area (Å²) in [5.74, 6) is -0.0292. The highest BCUT2D eigenvalue weighted by Gasteiger charge is 2.23. The van der Waals surface area contributed by atoms with Gasteiger partial charge in [-0.2, -0.15) is 5.10 Å². The van der Waals surface area contributed by atoms with Crippen molar-refractivity contribution in [1.82, 2.24) is 14.8 Å². The number of anilines is 1. The van der Waals surface area contributed by atoms with Crippen LogP contribution in [0, 0.1) is 0 Å². The molecule has 7 nitrogen and oxygen atoms in total. The maximum atomic E-state index is 12.7. The van der Waals surface area contributed by atoms with E-state index in [1.54, 1.807) is 25.1 Å². The summed E-state index contributed by atoms with van der Waals surface area (Å²) in [6.45, 7) is 2.40. The molecule has 1 aromatic heterocycles. The number of para-hydroxylation sites is 1. The first-order valence-corrected chi connectivity index (χ1v) is 12.3. The molecule has 0 amide bonds. The van der Waals surface area contributed by atoms with Crippen molar-refractivity contribution in [3.05, 3.63) is 94.5 Å². The molecule has 10 heteroatoms. The fourth-order valence-electron chi connectivity index (χ4n) is 3.16. The van der Waals surface area contributed by atoms with Gasteiger partial charge >= 0.3 is 5.97 Å². The Labute approximate surface area is 217 Å². The molecule has 0 saturated carbocycles. The summed E-state index contributed by atoms with van der Waals surface area (Å²) in [5.41, 5.74) is 5.33. The Kier molecular flexibility index (Phi) is 8.41. The molecule has 0 spiro atoms. The molecule has 1 N–H and O–H groups in total. The minimum atomic E-state index is -0.568. The number of hydrazone groups is 1. The Morgan fingerprint density at radius 2 is 1.74 bits per heavy atom. The van der Waals surface area contributed by atoms with Gasteiger partial charge < -0.3 is 4.74 Å². The van der Waals surface area contributed by atoms with Gasteiger partial charge in [-0.3, -0.25) is 9.99 Å². The Balaban J connectivity index is 1.73. The van der Waals surface area contributed by atoms with E-state index >= 15 is 0 Å². The van der Waals surface area contributed by atoms with Crippen molar-refractivity contribution in [1.29, 1.82) is 0 Å². The second kappa shape index (κ2) is 11.9. The number of hydrogen-bond donors (Lipinski definition) is 1. The van der Waals surface area contributed by atoms with Crippen LogP contribution in [0.3, 0.4) is 0 Å². The van der Waals surface area contributed by atoms with E-state index in [0.717, 1.165) is 23.0 Å². The van der Waals surface area contributed by atoms with Crippen LogP contribution >= 0.6 is 35.0 Å². The summed E-state index contributed by atoms with van der Waals surface area (Å²) in [7, 11) is 0. The van der Waals surface area contributed by atoms with Crippen LogP contribution in [0.5, 0.6) is 0 Å². The van der Waals surface area contributed by atoms with Crippen molar-refractivity contribution in [2.45, 2.75) is 18.6 Å². The highest BCUT2D eigenvalue weighted by atomic mass is 35.5. The van der Waals surface area contributed by atoms with Gasteiger partial charge in [0.15, 0.2) is 11.0 Å². The minimum Gasteiger partial charge on any atom is -0.461 e. The smallest absolute Gasteiger partial charge is 0.365 e.